The number of rotatable bonds is 5. The van der Waals surface area contributed by atoms with Gasteiger partial charge in [-0.2, -0.15) is 0 Å². The molecule has 0 N–H and O–H groups in total. The van der Waals surface area contributed by atoms with Gasteiger partial charge in [-0.1, -0.05) is 32.1 Å². The summed E-state index contributed by atoms with van der Waals surface area (Å²) < 4.78 is 5.00. The van der Waals surface area contributed by atoms with Gasteiger partial charge in [-0.3, -0.25) is 9.59 Å². The van der Waals surface area contributed by atoms with Crippen LogP contribution in [0.1, 0.15) is 64.7 Å². The Hall–Kier alpha value is -1.06. The third kappa shape index (κ3) is 4.50. The predicted molar refractivity (Wildman–Crippen MR) is 77.2 cm³/mol. The molecule has 0 unspecified atom stereocenters. The Balaban J connectivity index is 1.92. The zero-order chi connectivity index (χ0) is 14.4. The molecule has 0 aliphatic heterocycles. The van der Waals surface area contributed by atoms with E-state index in [4.69, 9.17) is 4.74 Å². The topological polar surface area (TPSA) is 46.6 Å². The Kier molecular flexibility index (Phi) is 5.86. The van der Waals surface area contributed by atoms with Crippen molar-refractivity contribution in [1.82, 2.24) is 4.90 Å². The lowest BCUT2D eigenvalue weighted by Crippen LogP contribution is -2.42. The summed E-state index contributed by atoms with van der Waals surface area (Å²) in [6, 6.07) is 0.289. The second-order valence-corrected chi connectivity index (χ2v) is 6.04. The highest BCUT2D eigenvalue weighted by Gasteiger charge is 2.36. The molecule has 2 rings (SSSR count). The fourth-order valence-corrected chi connectivity index (χ4v) is 3.06. The molecule has 0 saturated heterocycles. The summed E-state index contributed by atoms with van der Waals surface area (Å²) in [6.07, 6.45) is 10.1. The smallest absolute Gasteiger partial charge is 0.325 e. The Labute approximate surface area is 121 Å². The quantitative estimate of drug-likeness (QED) is 0.728. The first-order valence-electron chi connectivity index (χ1n) is 8.18. The summed E-state index contributed by atoms with van der Waals surface area (Å²) in [4.78, 5) is 26.2. The maximum atomic E-state index is 12.7. The van der Waals surface area contributed by atoms with Gasteiger partial charge in [-0.25, -0.2) is 0 Å². The molecule has 0 heterocycles. The second-order valence-electron chi connectivity index (χ2n) is 6.04. The second kappa shape index (κ2) is 7.65. The summed E-state index contributed by atoms with van der Waals surface area (Å²) in [5.41, 5.74) is 0. The van der Waals surface area contributed by atoms with Crippen LogP contribution in [-0.2, 0) is 14.3 Å². The Morgan fingerprint density at radius 1 is 1.00 bits per heavy atom. The fourth-order valence-electron chi connectivity index (χ4n) is 3.06. The van der Waals surface area contributed by atoms with E-state index in [1.165, 1.54) is 19.3 Å². The van der Waals surface area contributed by atoms with Crippen molar-refractivity contribution in [3.8, 4) is 0 Å². The van der Waals surface area contributed by atoms with Crippen molar-refractivity contribution in [3.05, 3.63) is 0 Å². The minimum absolute atomic E-state index is 0.130. The van der Waals surface area contributed by atoms with Crippen LogP contribution in [0.25, 0.3) is 0 Å². The van der Waals surface area contributed by atoms with Crippen LogP contribution in [0, 0.1) is 5.92 Å². The zero-order valence-electron chi connectivity index (χ0n) is 12.6. The van der Waals surface area contributed by atoms with E-state index in [0.717, 1.165) is 38.5 Å². The molecule has 4 nitrogen and oxygen atoms in total. The molecule has 2 saturated carbocycles. The van der Waals surface area contributed by atoms with Gasteiger partial charge in [0.2, 0.25) is 5.91 Å². The maximum absolute atomic E-state index is 12.7. The summed E-state index contributed by atoms with van der Waals surface area (Å²) in [5, 5.41) is 0. The van der Waals surface area contributed by atoms with E-state index in [0.29, 0.717) is 6.61 Å². The number of ether oxygens (including phenoxy) is 1. The van der Waals surface area contributed by atoms with E-state index in [2.05, 4.69) is 0 Å². The lowest BCUT2D eigenvalue weighted by molar-refractivity contribution is -0.151. The molecule has 2 fully saturated rings. The monoisotopic (exact) mass is 281 g/mol. The number of carbonyl (C=O) groups excluding carboxylic acids is 2. The van der Waals surface area contributed by atoms with Crippen LogP contribution in [0.3, 0.4) is 0 Å². The molecular weight excluding hydrogens is 254 g/mol. The molecule has 1 amide bonds. The van der Waals surface area contributed by atoms with Crippen LogP contribution in [0.5, 0.6) is 0 Å². The molecule has 2 aliphatic carbocycles. The molecule has 20 heavy (non-hydrogen) atoms. The van der Waals surface area contributed by atoms with Crippen LogP contribution < -0.4 is 0 Å². The third-order valence-corrected chi connectivity index (χ3v) is 4.33. The Bertz CT molecular complexity index is 331. The van der Waals surface area contributed by atoms with Crippen molar-refractivity contribution in [2.45, 2.75) is 70.8 Å². The molecule has 0 spiro atoms. The van der Waals surface area contributed by atoms with Crippen molar-refractivity contribution in [2.75, 3.05) is 13.2 Å². The van der Waals surface area contributed by atoms with Gasteiger partial charge in [0.25, 0.3) is 0 Å². The van der Waals surface area contributed by atoms with Crippen LogP contribution in [0.2, 0.25) is 0 Å². The van der Waals surface area contributed by atoms with Crippen LogP contribution in [0.4, 0.5) is 0 Å². The highest BCUT2D eigenvalue weighted by Crippen LogP contribution is 2.31. The van der Waals surface area contributed by atoms with E-state index in [9.17, 15) is 9.59 Å². The van der Waals surface area contributed by atoms with E-state index < -0.39 is 0 Å². The van der Waals surface area contributed by atoms with E-state index in [1.54, 1.807) is 11.8 Å². The molecule has 0 aromatic rings. The number of amides is 1. The number of nitrogens with zero attached hydrogens (tertiary/aromatic N) is 1. The summed E-state index contributed by atoms with van der Waals surface area (Å²) in [5.74, 6) is 0.0615. The number of carbonyl (C=O) groups is 2. The minimum Gasteiger partial charge on any atom is -0.465 e. The average molecular weight is 281 g/mol. The Morgan fingerprint density at radius 2 is 1.60 bits per heavy atom. The lowest BCUT2D eigenvalue weighted by atomic mass is 9.90. The number of hydrogen-bond donors (Lipinski definition) is 0. The van der Waals surface area contributed by atoms with Gasteiger partial charge in [-0.05, 0) is 32.6 Å². The van der Waals surface area contributed by atoms with Crippen molar-refractivity contribution in [2.24, 2.45) is 5.92 Å². The van der Waals surface area contributed by atoms with Gasteiger partial charge in [0.15, 0.2) is 0 Å². The van der Waals surface area contributed by atoms with Crippen LogP contribution in [-0.4, -0.2) is 36.0 Å². The molecule has 0 aromatic heterocycles. The van der Waals surface area contributed by atoms with E-state index in [-0.39, 0.29) is 30.4 Å². The third-order valence-electron chi connectivity index (χ3n) is 4.33. The Morgan fingerprint density at radius 3 is 2.15 bits per heavy atom. The summed E-state index contributed by atoms with van der Waals surface area (Å²) >= 11 is 0. The number of hydrogen-bond acceptors (Lipinski definition) is 3. The highest BCUT2D eigenvalue weighted by molar-refractivity contribution is 5.84. The van der Waals surface area contributed by atoms with Crippen molar-refractivity contribution >= 4 is 11.9 Å². The standard InChI is InChI=1S/C16H27NO3/c1-2-20-15(18)12-17(14-10-11-14)16(19)13-8-6-4-3-5-7-9-13/h13-14H,2-12H2,1H3. The van der Waals surface area contributed by atoms with Gasteiger partial charge in [0, 0.05) is 12.0 Å². The van der Waals surface area contributed by atoms with Gasteiger partial charge in [-0.15, -0.1) is 0 Å². The van der Waals surface area contributed by atoms with Gasteiger partial charge in [0.1, 0.15) is 6.54 Å². The van der Waals surface area contributed by atoms with Gasteiger partial charge < -0.3 is 9.64 Å². The first-order valence-corrected chi connectivity index (χ1v) is 8.18. The molecular formula is C16H27NO3. The largest absolute Gasteiger partial charge is 0.465 e. The molecule has 0 radical (unpaired) electrons. The van der Waals surface area contributed by atoms with Crippen molar-refractivity contribution in [1.29, 1.82) is 0 Å². The first kappa shape index (κ1) is 15.3. The molecule has 0 aromatic carbocycles. The molecule has 0 atom stereocenters. The summed E-state index contributed by atoms with van der Waals surface area (Å²) in [6.45, 7) is 2.33. The molecule has 0 bridgehead atoms. The zero-order valence-corrected chi connectivity index (χ0v) is 12.6. The maximum Gasteiger partial charge on any atom is 0.325 e. The fraction of sp³-hybridized carbons (Fsp3) is 0.875. The van der Waals surface area contributed by atoms with E-state index >= 15 is 0 Å². The SMILES string of the molecule is CCOC(=O)CN(C(=O)C1CCCCCCC1)C1CC1. The number of esters is 1. The highest BCUT2D eigenvalue weighted by atomic mass is 16.5. The molecule has 114 valence electrons. The van der Waals surface area contributed by atoms with Gasteiger partial charge in [0.05, 0.1) is 6.61 Å². The average Bonchev–Trinajstić information content (AvgIpc) is 3.19. The van der Waals surface area contributed by atoms with Crippen molar-refractivity contribution < 1.29 is 14.3 Å². The van der Waals surface area contributed by atoms with Gasteiger partial charge >= 0.3 is 5.97 Å². The normalized spacial score (nSPS) is 20.9. The van der Waals surface area contributed by atoms with E-state index in [1.807, 2.05) is 0 Å². The van der Waals surface area contributed by atoms with Crippen LogP contribution >= 0.6 is 0 Å². The predicted octanol–water partition coefficient (Wildman–Crippen LogP) is 2.90. The molecule has 4 heteroatoms. The molecule has 2 aliphatic rings. The van der Waals surface area contributed by atoms with Crippen molar-refractivity contribution in [3.63, 3.8) is 0 Å². The lowest BCUT2D eigenvalue weighted by Gasteiger charge is -2.27. The van der Waals surface area contributed by atoms with Crippen LogP contribution in [0.15, 0.2) is 0 Å². The minimum atomic E-state index is -0.265. The first-order chi connectivity index (χ1) is 9.72. The summed E-state index contributed by atoms with van der Waals surface area (Å²) in [7, 11) is 0.